The third kappa shape index (κ3) is 16.7. The molecule has 590 valence electrons. The minimum Gasteiger partial charge on any atom is -0.378 e. The molecular formula is C90H72Br2IN13O9S3. The molecule has 8 aromatic carbocycles. The average molecular weight is 1860 g/mol. The number of anilines is 3. The van der Waals surface area contributed by atoms with Crippen LogP contribution in [0.4, 0.5) is 17.1 Å². The number of morpholine rings is 3. The average Bonchev–Trinajstić information content (AvgIpc) is 1.59. The Morgan fingerprint density at radius 3 is 1.14 bits per heavy atom. The molecule has 0 amide bonds. The van der Waals surface area contributed by atoms with E-state index in [0.29, 0.717) is 75.0 Å². The molecule has 3 fully saturated rings. The van der Waals surface area contributed by atoms with Gasteiger partial charge in [0.2, 0.25) is 0 Å². The van der Waals surface area contributed by atoms with Crippen molar-refractivity contribution in [1.82, 2.24) is 36.8 Å². The molecule has 28 heteroatoms. The lowest BCUT2D eigenvalue weighted by Gasteiger charge is -2.28. The highest BCUT2D eigenvalue weighted by Crippen LogP contribution is 2.41. The molecule has 0 unspecified atom stereocenters. The van der Waals surface area contributed by atoms with Gasteiger partial charge in [-0.1, -0.05) is 115 Å². The van der Waals surface area contributed by atoms with Crippen LogP contribution < -0.4 is 14.7 Å². The van der Waals surface area contributed by atoms with E-state index in [-0.39, 0.29) is 14.7 Å². The van der Waals surface area contributed by atoms with Gasteiger partial charge in [-0.15, -0.1) is 0 Å². The van der Waals surface area contributed by atoms with Crippen molar-refractivity contribution in [3.05, 3.63) is 309 Å². The first-order chi connectivity index (χ1) is 57.4. The maximum atomic E-state index is 14.0. The van der Waals surface area contributed by atoms with Crippen LogP contribution in [0.25, 0.3) is 100 Å². The van der Waals surface area contributed by atoms with Gasteiger partial charge in [0.25, 0.3) is 30.1 Å². The lowest BCUT2D eigenvalue weighted by molar-refractivity contribution is 0.122. The van der Waals surface area contributed by atoms with Gasteiger partial charge in [-0.3, -0.25) is 0 Å². The SMILES string of the molecule is N#Cc1cccc(-c2ccnc3[nH]c(-c4ccc(N5CCOCC5)cc4)cc23)c1.N#Cc1cccc(-c2ccnc3c2cc(-c2ccc(N4CCOCC4)cc2)n3S(=O)(=O)c2ccccc2)c1.O=S(=O)(c1ccccc1)n1c(-c2ccc(N3CCOCC3)cc2)cc2c(Br)ccnc21.O=S(=O)(c1ccccc1)n1c(I)cc2c(Br)ccnc21. The Morgan fingerprint density at radius 2 is 0.712 bits per heavy atom. The second-order valence-corrected chi connectivity index (χ2v) is 35.7. The third-order valence-corrected chi connectivity index (χ3v) is 28.1. The summed E-state index contributed by atoms with van der Waals surface area (Å²) in [4.78, 5) is 28.6. The van der Waals surface area contributed by atoms with Gasteiger partial charge >= 0.3 is 0 Å². The summed E-state index contributed by atoms with van der Waals surface area (Å²) < 4.78 is 103. The number of halogens is 3. The summed E-state index contributed by atoms with van der Waals surface area (Å²) in [5.74, 6) is 0. The number of nitriles is 2. The number of nitrogens with one attached hydrogen (secondary N) is 1. The Hall–Kier alpha value is -11.7. The van der Waals surface area contributed by atoms with Gasteiger partial charge in [0.1, 0.15) is 5.65 Å². The molecule has 8 aromatic heterocycles. The molecule has 0 radical (unpaired) electrons. The Kier molecular flexibility index (Phi) is 23.9. The normalized spacial score (nSPS) is 13.9. The molecule has 3 aliphatic heterocycles. The van der Waals surface area contributed by atoms with Crippen molar-refractivity contribution in [2.24, 2.45) is 0 Å². The highest BCUT2D eigenvalue weighted by Gasteiger charge is 2.30. The monoisotopic (exact) mass is 1860 g/mol. The van der Waals surface area contributed by atoms with E-state index in [2.05, 4.69) is 114 Å². The summed E-state index contributed by atoms with van der Waals surface area (Å²) in [5.41, 5.74) is 15.1. The van der Waals surface area contributed by atoms with Gasteiger partial charge in [0, 0.05) is 117 Å². The van der Waals surface area contributed by atoms with Gasteiger partial charge in [0.05, 0.1) is 92.7 Å². The van der Waals surface area contributed by atoms with Crippen molar-refractivity contribution in [1.29, 1.82) is 10.5 Å². The Labute approximate surface area is 712 Å². The lowest BCUT2D eigenvalue weighted by atomic mass is 10.0. The standard InChI is InChI=1S/C30H24N4O3S.C24H20N4O.C23H20BrN3O3S.C13H8BrIN2O2S/c31-21-22-5-4-6-24(19-22)27-13-14-32-30-28(27)20-29(34(30)38(35,36)26-7-2-1-3-8-26)23-9-11-25(12-10-23)33-15-17-37-18-16-33;25-16-17-2-1-3-19(14-17)21-8-9-26-24-22(21)15-23(27-24)18-4-6-20(7-5-18)28-10-12-29-13-11-28;24-21-10-11-25-23-20(21)16-22(27(23)31(28,29)19-4-2-1-3-5-19)17-6-8-18(9-7-17)26-12-14-30-15-13-26;14-11-6-7-16-13-10(11)8-12(15)17(13)20(18,19)9-4-2-1-3-5-9/h1-14,19-20H,15-18H2;1-9,14-15H,10-13H2,(H,26,27);1-11,16H,12-15H2;1-8H. The van der Waals surface area contributed by atoms with Crippen molar-refractivity contribution in [2.75, 3.05) is 93.6 Å². The van der Waals surface area contributed by atoms with Crippen LogP contribution in [0, 0.1) is 26.4 Å². The highest BCUT2D eigenvalue weighted by molar-refractivity contribution is 14.1. The number of ether oxygens (including phenoxy) is 3. The van der Waals surface area contributed by atoms with Crippen molar-refractivity contribution >= 4 is 146 Å². The minimum absolute atomic E-state index is 0.183. The first kappa shape index (κ1) is 80.1. The molecule has 0 aliphatic carbocycles. The Bertz CT molecular complexity index is 6810. The van der Waals surface area contributed by atoms with Crippen LogP contribution in [-0.4, -0.2) is 141 Å². The van der Waals surface area contributed by atoms with Gasteiger partial charge in [-0.2, -0.15) is 10.5 Å². The van der Waals surface area contributed by atoms with Crippen molar-refractivity contribution in [3.8, 4) is 68.2 Å². The Morgan fingerprint density at radius 1 is 0.356 bits per heavy atom. The van der Waals surface area contributed by atoms with E-state index >= 15 is 0 Å². The maximum Gasteiger partial charge on any atom is 0.270 e. The van der Waals surface area contributed by atoms with E-state index in [0.717, 1.165) is 139 Å². The Balaban J connectivity index is 0.000000120. The molecule has 16 aromatic rings. The van der Waals surface area contributed by atoms with Crippen molar-refractivity contribution < 1.29 is 39.5 Å². The smallest absolute Gasteiger partial charge is 0.270 e. The van der Waals surface area contributed by atoms with Crippen LogP contribution in [0.3, 0.4) is 0 Å². The fraction of sp³-hybridized carbons (Fsp3) is 0.133. The molecule has 19 rings (SSSR count). The van der Waals surface area contributed by atoms with E-state index in [4.69, 9.17) is 14.2 Å². The van der Waals surface area contributed by atoms with E-state index in [1.165, 1.54) is 17.6 Å². The third-order valence-electron chi connectivity index (χ3n) is 20.4. The number of nitrogens with zero attached hydrogens (tertiary/aromatic N) is 12. The molecule has 0 bridgehead atoms. The lowest BCUT2D eigenvalue weighted by Crippen LogP contribution is -2.36. The second-order valence-electron chi connectivity index (χ2n) is 27.6. The molecule has 118 heavy (non-hydrogen) atoms. The summed E-state index contributed by atoms with van der Waals surface area (Å²) >= 11 is 8.96. The van der Waals surface area contributed by atoms with Crippen molar-refractivity contribution in [2.45, 2.75) is 14.7 Å². The molecule has 11 heterocycles. The number of hydrogen-bond donors (Lipinski definition) is 1. The molecule has 3 saturated heterocycles. The van der Waals surface area contributed by atoms with E-state index < -0.39 is 30.1 Å². The summed E-state index contributed by atoms with van der Waals surface area (Å²) in [5, 5.41) is 21.9. The molecule has 0 atom stereocenters. The van der Waals surface area contributed by atoms with Crippen LogP contribution in [-0.2, 0) is 44.3 Å². The summed E-state index contributed by atoms with van der Waals surface area (Å²) in [6.07, 6.45) is 6.60. The zero-order valence-corrected chi connectivity index (χ0v) is 70.8. The molecule has 1 N–H and O–H groups in total. The molecular weight excluding hydrogens is 1790 g/mol. The zero-order valence-electron chi connectivity index (χ0n) is 63.0. The zero-order chi connectivity index (χ0) is 81.5. The molecule has 0 spiro atoms. The van der Waals surface area contributed by atoms with Gasteiger partial charge in [-0.05, 0) is 239 Å². The summed E-state index contributed by atoms with van der Waals surface area (Å²) in [6.45, 7) is 9.55. The fourth-order valence-electron chi connectivity index (χ4n) is 14.5. The summed E-state index contributed by atoms with van der Waals surface area (Å²) in [7, 11) is -11.5. The minimum atomic E-state index is -3.97. The van der Waals surface area contributed by atoms with E-state index in [1.807, 2.05) is 138 Å². The van der Waals surface area contributed by atoms with Crippen LogP contribution in [0.15, 0.2) is 309 Å². The molecule has 0 saturated carbocycles. The number of fused-ring (bicyclic) bond motifs is 4. The fourth-order valence-corrected chi connectivity index (χ4v) is 21.1. The maximum absolute atomic E-state index is 14.0. The topological polar surface area (TPSA) is 270 Å². The van der Waals surface area contributed by atoms with Crippen molar-refractivity contribution in [3.63, 3.8) is 0 Å². The number of pyridine rings is 4. The second kappa shape index (κ2) is 35.2. The largest absolute Gasteiger partial charge is 0.378 e. The van der Waals surface area contributed by atoms with Crippen LogP contribution in [0.1, 0.15) is 11.1 Å². The van der Waals surface area contributed by atoms with E-state index in [9.17, 15) is 35.8 Å². The highest BCUT2D eigenvalue weighted by atomic mass is 127. The predicted octanol–water partition coefficient (Wildman–Crippen LogP) is 18.1. The first-order valence-corrected chi connectivity index (χ1v) is 44.6. The molecule has 3 aliphatic rings. The number of H-pyrrole nitrogens is 1. The first-order valence-electron chi connectivity index (χ1n) is 37.6. The number of aromatic nitrogens is 8. The van der Waals surface area contributed by atoms with E-state index in [1.54, 1.807) is 140 Å². The summed E-state index contributed by atoms with van der Waals surface area (Å²) in [6, 6.07) is 84.2. The number of aromatic amines is 1. The number of hydrogen-bond acceptors (Lipinski definition) is 18. The van der Waals surface area contributed by atoms with Crippen LogP contribution in [0.2, 0.25) is 0 Å². The number of rotatable bonds is 14. The predicted molar refractivity (Wildman–Crippen MR) is 476 cm³/mol. The number of benzene rings is 8. The quantitative estimate of drug-likeness (QED) is 0.0991. The molecule has 22 nitrogen and oxygen atoms in total. The van der Waals surface area contributed by atoms with Gasteiger partial charge in [-0.25, -0.2) is 57.1 Å². The van der Waals surface area contributed by atoms with Crippen LogP contribution >= 0.6 is 54.5 Å². The van der Waals surface area contributed by atoms with Crippen LogP contribution in [0.5, 0.6) is 0 Å². The van der Waals surface area contributed by atoms with Gasteiger partial charge in [0.15, 0.2) is 16.9 Å². The van der Waals surface area contributed by atoms with Gasteiger partial charge < -0.3 is 33.9 Å².